The third kappa shape index (κ3) is 12.9. The molecular weight excluding hydrogens is 855 g/mol. The summed E-state index contributed by atoms with van der Waals surface area (Å²) in [6, 6.07) is 0. The third-order valence-corrected chi connectivity index (χ3v) is 15.1. The molecule has 2 aromatic rings. The quantitative estimate of drug-likeness (QED) is 0.274. The normalized spacial score (nSPS) is 26.2. The molecule has 10 rings (SSSR count). The van der Waals surface area contributed by atoms with Crippen molar-refractivity contribution in [3.8, 4) is 0 Å². The Hall–Kier alpha value is -3.86. The minimum atomic E-state index is -0.940. The molecule has 4 atom stereocenters. The predicted molar refractivity (Wildman–Crippen MR) is 251 cm³/mol. The number of hydrogen-bond donors (Lipinski definition) is 1. The monoisotopic (exact) mass is 934 g/mol. The summed E-state index contributed by atoms with van der Waals surface area (Å²) < 4.78 is 27.0. The fourth-order valence-electron chi connectivity index (χ4n) is 12.0. The van der Waals surface area contributed by atoms with Gasteiger partial charge in [-0.05, 0) is 118 Å². The lowest BCUT2D eigenvalue weighted by Crippen LogP contribution is -2.48. The number of carbonyl (C=O) groups is 4. The number of piperidine rings is 1. The summed E-state index contributed by atoms with van der Waals surface area (Å²) >= 11 is 0. The number of ether oxygens (including phenoxy) is 4. The van der Waals surface area contributed by atoms with Crippen LogP contribution < -0.4 is 0 Å². The van der Waals surface area contributed by atoms with E-state index in [1.165, 1.54) is 88.2 Å². The summed E-state index contributed by atoms with van der Waals surface area (Å²) in [7, 11) is 0. The molecule has 3 aliphatic heterocycles. The van der Waals surface area contributed by atoms with Gasteiger partial charge in [-0.1, -0.05) is 44.9 Å². The number of carboxylic acids is 1. The zero-order chi connectivity index (χ0) is 47.0. The topological polar surface area (TPSA) is 171 Å². The SMILES string of the molecule is C1CCC(OC2CCCC2)CC1.C[C@@H]1CN(C(=O)c2nn(CC(=O)N3CCC(OC4CCCC4)CC3)c3c2CCC3)C[C@H](C)O1.C[C@@H]1CN(C(=O)c2nn(CC(=O)O)c3c2CCC3)C[C@H](C)O1. The Balaban J connectivity index is 0.000000153. The van der Waals surface area contributed by atoms with Gasteiger partial charge >= 0.3 is 5.97 Å². The van der Waals surface area contributed by atoms with Gasteiger partial charge in [0, 0.05) is 61.8 Å². The van der Waals surface area contributed by atoms with Crippen molar-refractivity contribution in [1.29, 1.82) is 0 Å². The third-order valence-electron chi connectivity index (χ3n) is 15.1. The standard InChI is InChI=1S/C25H38N4O4.C15H21N3O4.C11H20O/c1-17-14-28(15-18(2)32-17)25(31)24-21-8-5-9-22(21)29(26-24)16-23(30)27-12-10-20(11-13-27)33-19-6-3-4-7-19;1-9-6-17(7-10(2)22-9)15(21)14-11-4-3-5-12(11)18(16-14)8-13(19)20;1-2-6-10(7-3-1)12-11-8-4-5-9-11/h17-20H,3-16H2,1-2H3;9-10H,3-8H2,1-2H3,(H,19,20);10-11H,1-9H2/t17-,18+;9-,10+;. The molecule has 16 nitrogen and oxygen atoms in total. The molecule has 8 aliphatic rings. The Morgan fingerprint density at radius 1 is 0.507 bits per heavy atom. The highest BCUT2D eigenvalue weighted by Crippen LogP contribution is 2.31. The molecule has 2 aromatic heterocycles. The number of aromatic nitrogens is 4. The molecule has 0 bridgehead atoms. The smallest absolute Gasteiger partial charge is 0.325 e. The van der Waals surface area contributed by atoms with Crippen LogP contribution in [0.2, 0.25) is 0 Å². The van der Waals surface area contributed by atoms with Crippen molar-refractivity contribution in [2.75, 3.05) is 39.3 Å². The molecule has 16 heteroatoms. The van der Waals surface area contributed by atoms with E-state index in [4.69, 9.17) is 24.1 Å². The molecule has 6 fully saturated rings. The lowest BCUT2D eigenvalue weighted by Gasteiger charge is -2.35. The highest BCUT2D eigenvalue weighted by atomic mass is 16.5. The number of fused-ring (bicyclic) bond motifs is 2. The number of nitrogens with zero attached hydrogens (tertiary/aromatic N) is 7. The number of amides is 3. The van der Waals surface area contributed by atoms with Crippen LogP contribution in [-0.4, -0.2) is 151 Å². The summed E-state index contributed by atoms with van der Waals surface area (Å²) in [6.07, 6.45) is 26.4. The van der Waals surface area contributed by atoms with Gasteiger partial charge in [0.15, 0.2) is 11.4 Å². The number of likely N-dealkylation sites (tertiary alicyclic amines) is 1. The van der Waals surface area contributed by atoms with Crippen LogP contribution in [0.1, 0.15) is 180 Å². The fraction of sp³-hybridized carbons (Fsp3) is 0.804. The second kappa shape index (κ2) is 23.2. The highest BCUT2D eigenvalue weighted by Gasteiger charge is 2.36. The highest BCUT2D eigenvalue weighted by molar-refractivity contribution is 5.95. The van der Waals surface area contributed by atoms with Crippen molar-refractivity contribution in [3.05, 3.63) is 33.9 Å². The Bertz CT molecular complexity index is 1970. The number of aliphatic carboxylic acids is 1. The molecule has 67 heavy (non-hydrogen) atoms. The lowest BCUT2D eigenvalue weighted by molar-refractivity contribution is -0.138. The first-order valence-corrected chi connectivity index (χ1v) is 26.3. The lowest BCUT2D eigenvalue weighted by atomic mass is 9.97. The van der Waals surface area contributed by atoms with Crippen LogP contribution in [0.5, 0.6) is 0 Å². The van der Waals surface area contributed by atoms with Crippen molar-refractivity contribution in [2.24, 2.45) is 0 Å². The molecule has 3 amide bonds. The Kier molecular flexibility index (Phi) is 17.1. The van der Waals surface area contributed by atoms with Crippen molar-refractivity contribution in [2.45, 2.75) is 224 Å². The van der Waals surface area contributed by atoms with E-state index in [-0.39, 0.29) is 61.3 Å². The van der Waals surface area contributed by atoms with E-state index >= 15 is 0 Å². The van der Waals surface area contributed by atoms with E-state index in [1.54, 1.807) is 4.90 Å². The van der Waals surface area contributed by atoms with E-state index in [0.29, 0.717) is 55.9 Å². The van der Waals surface area contributed by atoms with Gasteiger partial charge in [-0.15, -0.1) is 0 Å². The van der Waals surface area contributed by atoms with E-state index < -0.39 is 5.97 Å². The minimum Gasteiger partial charge on any atom is -0.480 e. The summed E-state index contributed by atoms with van der Waals surface area (Å²) in [5.74, 6) is -0.973. The molecule has 0 spiro atoms. The van der Waals surface area contributed by atoms with Gasteiger partial charge in [0.05, 0.1) is 48.8 Å². The fourth-order valence-corrected chi connectivity index (χ4v) is 12.0. The van der Waals surface area contributed by atoms with Crippen LogP contribution in [0.15, 0.2) is 0 Å². The maximum atomic E-state index is 13.3. The van der Waals surface area contributed by atoms with Gasteiger partial charge in [0.25, 0.3) is 11.8 Å². The van der Waals surface area contributed by atoms with Crippen molar-refractivity contribution in [3.63, 3.8) is 0 Å². The van der Waals surface area contributed by atoms with Gasteiger partial charge in [-0.25, -0.2) is 0 Å². The summed E-state index contributed by atoms with van der Waals surface area (Å²) in [4.78, 5) is 55.8. The Morgan fingerprint density at radius 2 is 0.881 bits per heavy atom. The average molecular weight is 934 g/mol. The number of carbonyl (C=O) groups excluding carboxylic acids is 3. The van der Waals surface area contributed by atoms with E-state index in [2.05, 4.69) is 10.2 Å². The molecule has 3 saturated carbocycles. The first-order valence-electron chi connectivity index (χ1n) is 26.3. The first-order chi connectivity index (χ1) is 32.4. The van der Waals surface area contributed by atoms with Crippen molar-refractivity contribution < 1.29 is 43.2 Å². The van der Waals surface area contributed by atoms with Gasteiger partial charge in [-0.2, -0.15) is 10.2 Å². The molecular formula is C51H79N7O9. The number of rotatable bonds is 10. The average Bonchev–Trinajstić information content (AvgIpc) is 4.17. The largest absolute Gasteiger partial charge is 0.480 e. The zero-order valence-electron chi connectivity index (χ0n) is 41.0. The van der Waals surface area contributed by atoms with Crippen LogP contribution in [-0.2, 0) is 67.3 Å². The van der Waals surface area contributed by atoms with Gasteiger partial charge in [0.1, 0.15) is 13.1 Å². The second-order valence-corrected chi connectivity index (χ2v) is 20.8. The summed E-state index contributed by atoms with van der Waals surface area (Å²) in [5, 5.41) is 18.0. The van der Waals surface area contributed by atoms with E-state index in [0.717, 1.165) is 87.0 Å². The number of morpholine rings is 2. The van der Waals surface area contributed by atoms with Crippen LogP contribution in [0.3, 0.4) is 0 Å². The zero-order valence-corrected chi connectivity index (χ0v) is 41.0. The van der Waals surface area contributed by atoms with Crippen molar-refractivity contribution >= 4 is 23.7 Å². The Morgan fingerprint density at radius 3 is 1.28 bits per heavy atom. The molecule has 372 valence electrons. The molecule has 1 N–H and O–H groups in total. The van der Waals surface area contributed by atoms with E-state index in [1.807, 2.05) is 42.2 Å². The van der Waals surface area contributed by atoms with Crippen LogP contribution in [0.25, 0.3) is 0 Å². The van der Waals surface area contributed by atoms with Crippen LogP contribution >= 0.6 is 0 Å². The summed E-state index contributed by atoms with van der Waals surface area (Å²) in [6.45, 7) is 11.7. The predicted octanol–water partition coefficient (Wildman–Crippen LogP) is 6.56. The first kappa shape index (κ1) is 49.6. The molecule has 0 radical (unpaired) electrons. The summed E-state index contributed by atoms with van der Waals surface area (Å²) in [5.41, 5.74) is 4.91. The van der Waals surface area contributed by atoms with Crippen molar-refractivity contribution in [1.82, 2.24) is 34.3 Å². The maximum Gasteiger partial charge on any atom is 0.325 e. The molecule has 0 aromatic carbocycles. The second-order valence-electron chi connectivity index (χ2n) is 20.8. The molecule has 0 unspecified atom stereocenters. The van der Waals surface area contributed by atoms with Gasteiger partial charge in [-0.3, -0.25) is 28.5 Å². The van der Waals surface area contributed by atoms with Crippen LogP contribution in [0, 0.1) is 0 Å². The molecule has 3 saturated heterocycles. The molecule has 5 aliphatic carbocycles. The number of carboxylic acid groups (broad SMARTS) is 1. The minimum absolute atomic E-state index is 0.00172. The number of hydrogen-bond acceptors (Lipinski definition) is 10. The van der Waals surface area contributed by atoms with Gasteiger partial charge in [0.2, 0.25) is 5.91 Å². The van der Waals surface area contributed by atoms with E-state index in [9.17, 15) is 19.2 Å². The Labute approximate surface area is 397 Å². The van der Waals surface area contributed by atoms with Crippen LogP contribution in [0.4, 0.5) is 0 Å². The van der Waals surface area contributed by atoms with Gasteiger partial charge < -0.3 is 38.8 Å². The molecule has 5 heterocycles. The maximum absolute atomic E-state index is 13.3.